The molecule has 2 aromatic carbocycles. The highest BCUT2D eigenvalue weighted by molar-refractivity contribution is 5.94. The number of aromatic carboxylic acids is 1. The highest BCUT2D eigenvalue weighted by atomic mass is 35.5. The number of carbonyl (C=O) groups is 2. The molecule has 1 amide bonds. The highest BCUT2D eigenvalue weighted by Gasteiger charge is 2.25. The van der Waals surface area contributed by atoms with E-state index in [1.807, 2.05) is 30.3 Å². The summed E-state index contributed by atoms with van der Waals surface area (Å²) in [5.41, 5.74) is 12.8. The van der Waals surface area contributed by atoms with Gasteiger partial charge in [0.15, 0.2) is 0 Å². The topological polar surface area (TPSA) is 176 Å². The first kappa shape index (κ1) is 46.4. The number of hydrogen-bond acceptors (Lipinski definition) is 7. The van der Waals surface area contributed by atoms with Crippen molar-refractivity contribution < 1.29 is 14.7 Å². The van der Waals surface area contributed by atoms with E-state index < -0.39 is 5.97 Å². The number of carboxylic acid groups (broad SMARTS) is 1. The Morgan fingerprint density at radius 1 is 0.830 bits per heavy atom. The number of aromatic nitrogens is 4. The first-order chi connectivity index (χ1) is 19.7. The molecule has 12 heteroatoms. The number of rotatable bonds is 3. The third-order valence-electron chi connectivity index (χ3n) is 6.97. The molecule has 0 saturated carbocycles. The Morgan fingerprint density at radius 3 is 1.74 bits per heavy atom. The first-order valence-electron chi connectivity index (χ1n) is 13.0. The fraction of sp³-hybridized carbons (Fsp3) is 0.371. The molecule has 4 aromatic rings. The average molecular weight is 667 g/mol. The molecule has 0 aliphatic heterocycles. The fourth-order valence-corrected chi connectivity index (χ4v) is 4.87. The molecule has 0 spiro atoms. The number of carboxylic acids is 1. The summed E-state index contributed by atoms with van der Waals surface area (Å²) in [6.45, 7) is 0. The molecule has 2 heterocycles. The van der Waals surface area contributed by atoms with E-state index in [1.54, 1.807) is 37.2 Å². The van der Waals surface area contributed by atoms with E-state index in [-0.39, 0.29) is 73.1 Å². The molecule has 47 heavy (non-hydrogen) atoms. The van der Waals surface area contributed by atoms with Gasteiger partial charge < -0.3 is 16.2 Å². The van der Waals surface area contributed by atoms with E-state index in [0.717, 1.165) is 42.4 Å². The minimum Gasteiger partial charge on any atom is -0.478 e. The van der Waals surface area contributed by atoms with Crippen molar-refractivity contribution in [1.29, 1.82) is 10.5 Å². The molecular formula is C35H51ClN8O3. The molecule has 0 radical (unpaired) electrons. The van der Waals surface area contributed by atoms with Gasteiger partial charge in [-0.2, -0.15) is 20.7 Å². The standard InChI is InChI=1S/C15H14N4O.C10H10N2.C5H6N2O2.5CH4.ClH/c1-19-9-12(8-17-19)15(20)18-14-5-3-11-6-10(7-16)2-4-13(11)14;11-6-7-1-3-9-8(5-7)2-4-10(9)12;1-7-3-4(2-6-7)5(8)9;;;;;;/h2,4,6,8-9,14H,3,5H2,1H3,(H,18,20);1,3,5,10H,2,4,12H2;2-3H,1H3,(H,8,9);5*1H4;1H/t14-;10-;;;;;;;/m11......./s1. The molecule has 0 fully saturated rings. The van der Waals surface area contributed by atoms with Gasteiger partial charge in [-0.3, -0.25) is 14.2 Å². The minimum atomic E-state index is -0.942. The van der Waals surface area contributed by atoms with Crippen LogP contribution < -0.4 is 11.1 Å². The number of amides is 1. The summed E-state index contributed by atoms with van der Waals surface area (Å²) in [5.74, 6) is -1.05. The Morgan fingerprint density at radius 2 is 1.30 bits per heavy atom. The van der Waals surface area contributed by atoms with Crippen LogP contribution in [0.1, 0.15) is 116 Å². The summed E-state index contributed by atoms with van der Waals surface area (Å²) >= 11 is 0. The van der Waals surface area contributed by atoms with Crippen LogP contribution >= 0.6 is 12.4 Å². The van der Waals surface area contributed by atoms with Crippen LogP contribution in [0.4, 0.5) is 0 Å². The lowest BCUT2D eigenvalue weighted by molar-refractivity contribution is 0.0696. The largest absolute Gasteiger partial charge is 0.478 e. The second-order valence-corrected chi connectivity index (χ2v) is 9.87. The summed E-state index contributed by atoms with van der Waals surface area (Å²) in [6, 6.07) is 15.9. The first-order valence-corrected chi connectivity index (χ1v) is 13.0. The Labute approximate surface area is 286 Å². The summed E-state index contributed by atoms with van der Waals surface area (Å²) in [6.07, 6.45) is 9.81. The summed E-state index contributed by atoms with van der Waals surface area (Å²) in [4.78, 5) is 22.3. The number of benzene rings is 2. The Bertz CT molecular complexity index is 1670. The van der Waals surface area contributed by atoms with Gasteiger partial charge in [-0.15, -0.1) is 12.4 Å². The summed E-state index contributed by atoms with van der Waals surface area (Å²) < 4.78 is 3.06. The number of nitrogens with one attached hydrogen (secondary N) is 1. The third kappa shape index (κ3) is 11.7. The second-order valence-electron chi connectivity index (χ2n) is 9.87. The molecule has 6 rings (SSSR count). The number of carbonyl (C=O) groups excluding carboxylic acids is 1. The van der Waals surface area contributed by atoms with Gasteiger partial charge in [0.05, 0.1) is 52.8 Å². The average Bonchev–Trinajstić information content (AvgIpc) is 3.77. The smallest absolute Gasteiger partial charge is 0.338 e. The molecule has 2 aromatic heterocycles. The quantitative estimate of drug-likeness (QED) is 0.211. The van der Waals surface area contributed by atoms with Gasteiger partial charge >= 0.3 is 5.97 Å². The van der Waals surface area contributed by atoms with Crippen LogP contribution in [0.5, 0.6) is 0 Å². The SMILES string of the molecule is C.C.C.C.C.Cl.Cn1cc(C(=O)N[C@@H]2CCc3cc(C#N)ccc32)cn1.Cn1cc(C(=O)O)cn1.N#Cc1ccc2c(c1)CC[C@H]2N. The second kappa shape index (κ2) is 20.9. The maximum Gasteiger partial charge on any atom is 0.338 e. The number of nitrogens with zero attached hydrogens (tertiary/aromatic N) is 6. The van der Waals surface area contributed by atoms with E-state index in [9.17, 15) is 9.59 Å². The maximum absolute atomic E-state index is 12.1. The van der Waals surface area contributed by atoms with Crippen molar-refractivity contribution in [2.75, 3.05) is 0 Å². The molecule has 4 N–H and O–H groups in total. The number of nitriles is 2. The molecule has 256 valence electrons. The van der Waals surface area contributed by atoms with Crippen LogP contribution in [0, 0.1) is 22.7 Å². The van der Waals surface area contributed by atoms with Crippen LogP contribution in [0.3, 0.4) is 0 Å². The maximum atomic E-state index is 12.1. The van der Waals surface area contributed by atoms with Crippen molar-refractivity contribution in [2.24, 2.45) is 19.8 Å². The van der Waals surface area contributed by atoms with E-state index in [2.05, 4.69) is 27.7 Å². The molecule has 11 nitrogen and oxygen atoms in total. The van der Waals surface area contributed by atoms with Gasteiger partial charge in [0.1, 0.15) is 0 Å². The molecule has 2 aliphatic carbocycles. The Hall–Kier alpha value is -4.97. The number of hydrogen-bond donors (Lipinski definition) is 3. The van der Waals surface area contributed by atoms with Crippen LogP contribution in [0.15, 0.2) is 61.2 Å². The van der Waals surface area contributed by atoms with Gasteiger partial charge in [-0.25, -0.2) is 4.79 Å². The number of halogens is 1. The third-order valence-corrected chi connectivity index (χ3v) is 6.97. The van der Waals surface area contributed by atoms with Crippen LogP contribution in [0.25, 0.3) is 0 Å². The predicted molar refractivity (Wildman–Crippen MR) is 190 cm³/mol. The van der Waals surface area contributed by atoms with Gasteiger partial charge in [0, 0.05) is 32.5 Å². The molecule has 0 unspecified atom stereocenters. The lowest BCUT2D eigenvalue weighted by Gasteiger charge is -2.13. The van der Waals surface area contributed by atoms with E-state index >= 15 is 0 Å². The van der Waals surface area contributed by atoms with Crippen LogP contribution in [0.2, 0.25) is 0 Å². The lowest BCUT2D eigenvalue weighted by Crippen LogP contribution is -2.26. The molecule has 0 bridgehead atoms. The zero-order chi connectivity index (χ0) is 29.5. The van der Waals surface area contributed by atoms with Crippen molar-refractivity contribution in [3.8, 4) is 12.1 Å². The van der Waals surface area contributed by atoms with Crippen LogP contribution in [-0.2, 0) is 26.9 Å². The molecular weight excluding hydrogens is 616 g/mol. The van der Waals surface area contributed by atoms with Gasteiger partial charge in [-0.1, -0.05) is 49.3 Å². The normalized spacial score (nSPS) is 14.0. The van der Waals surface area contributed by atoms with E-state index in [1.165, 1.54) is 28.2 Å². The van der Waals surface area contributed by atoms with Crippen LogP contribution in [-0.4, -0.2) is 36.5 Å². The Balaban J connectivity index is -0.000000626. The van der Waals surface area contributed by atoms with Crippen molar-refractivity contribution >= 4 is 24.3 Å². The monoisotopic (exact) mass is 666 g/mol. The zero-order valence-electron chi connectivity index (χ0n) is 23.2. The molecule has 0 saturated heterocycles. The van der Waals surface area contributed by atoms with Gasteiger partial charge in [-0.05, 0) is 72.2 Å². The van der Waals surface area contributed by atoms with Crippen molar-refractivity contribution in [3.05, 3.63) is 106 Å². The zero-order valence-corrected chi connectivity index (χ0v) is 24.0. The van der Waals surface area contributed by atoms with Gasteiger partial charge in [0.2, 0.25) is 0 Å². The van der Waals surface area contributed by atoms with Crippen molar-refractivity contribution in [3.63, 3.8) is 0 Å². The highest BCUT2D eigenvalue weighted by Crippen LogP contribution is 2.32. The lowest BCUT2D eigenvalue weighted by atomic mass is 10.1. The minimum absolute atomic E-state index is 0. The number of aryl methyl sites for hydroxylation is 4. The summed E-state index contributed by atoms with van der Waals surface area (Å²) in [7, 11) is 3.46. The van der Waals surface area contributed by atoms with Crippen molar-refractivity contribution in [1.82, 2.24) is 24.9 Å². The van der Waals surface area contributed by atoms with Crippen molar-refractivity contribution in [2.45, 2.75) is 74.9 Å². The number of fused-ring (bicyclic) bond motifs is 2. The number of nitrogens with two attached hydrogens (primary N) is 1. The molecule has 2 atom stereocenters. The van der Waals surface area contributed by atoms with E-state index in [4.69, 9.17) is 21.4 Å². The summed E-state index contributed by atoms with van der Waals surface area (Å²) in [5, 5.41) is 36.6. The molecule has 2 aliphatic rings. The van der Waals surface area contributed by atoms with Gasteiger partial charge in [0.25, 0.3) is 5.91 Å². The predicted octanol–water partition coefficient (Wildman–Crippen LogP) is 6.93. The Kier molecular flexibility index (Phi) is 20.7. The fourth-order valence-electron chi connectivity index (χ4n) is 4.87. The van der Waals surface area contributed by atoms with E-state index in [0.29, 0.717) is 11.1 Å².